The Hall–Kier alpha value is -1.42. The first-order valence-electron chi connectivity index (χ1n) is 6.10. The van der Waals surface area contributed by atoms with Crippen molar-refractivity contribution in [3.05, 3.63) is 42.7 Å². The summed E-state index contributed by atoms with van der Waals surface area (Å²) in [5.74, 6) is 1.79. The van der Waals surface area contributed by atoms with Gasteiger partial charge in [0.15, 0.2) is 5.75 Å². The number of rotatable bonds is 6. The van der Waals surface area contributed by atoms with Crippen molar-refractivity contribution in [2.45, 2.75) is 24.8 Å². The first-order valence-corrected chi connectivity index (χ1v) is 7.09. The highest BCUT2D eigenvalue weighted by Gasteiger charge is 2.02. The molecule has 1 aromatic heterocycles. The van der Waals surface area contributed by atoms with Crippen molar-refractivity contribution in [1.29, 1.82) is 0 Å². The van der Waals surface area contributed by atoms with Crippen molar-refractivity contribution in [1.82, 2.24) is 9.78 Å². The van der Waals surface area contributed by atoms with Gasteiger partial charge in [0.2, 0.25) is 0 Å². The van der Waals surface area contributed by atoms with E-state index in [0.29, 0.717) is 12.6 Å². The zero-order valence-electron chi connectivity index (χ0n) is 10.7. The molecule has 2 aromatic rings. The van der Waals surface area contributed by atoms with Crippen LogP contribution in [-0.2, 0) is 0 Å². The average Bonchev–Trinajstić information content (AvgIpc) is 2.85. The predicted molar refractivity (Wildman–Crippen MR) is 75.3 cm³/mol. The van der Waals surface area contributed by atoms with Gasteiger partial charge in [-0.05, 0) is 26.0 Å². The van der Waals surface area contributed by atoms with Gasteiger partial charge in [-0.15, -0.1) is 11.8 Å². The molecule has 0 spiro atoms. The monoisotopic (exact) mass is 262 g/mol. The van der Waals surface area contributed by atoms with Gasteiger partial charge in [0, 0.05) is 16.7 Å². The maximum atomic E-state index is 5.65. The fourth-order valence-electron chi connectivity index (χ4n) is 1.51. The maximum Gasteiger partial charge on any atom is 0.157 e. The van der Waals surface area contributed by atoms with Gasteiger partial charge < -0.3 is 4.74 Å². The first kappa shape index (κ1) is 13.0. The van der Waals surface area contributed by atoms with E-state index in [4.69, 9.17) is 4.74 Å². The molecule has 0 unspecified atom stereocenters. The Balaban J connectivity index is 1.72. The van der Waals surface area contributed by atoms with Gasteiger partial charge >= 0.3 is 0 Å². The van der Waals surface area contributed by atoms with Crippen molar-refractivity contribution < 1.29 is 4.74 Å². The Kier molecular flexibility index (Phi) is 4.70. The van der Waals surface area contributed by atoms with Crippen LogP contribution in [0.2, 0.25) is 0 Å². The van der Waals surface area contributed by atoms with Crippen LogP contribution in [0.3, 0.4) is 0 Å². The molecule has 4 heteroatoms. The Labute approximate surface area is 112 Å². The molecule has 0 aliphatic carbocycles. The lowest BCUT2D eigenvalue weighted by atomic mass is 10.4. The van der Waals surface area contributed by atoms with Crippen LogP contribution in [0.1, 0.15) is 19.9 Å². The molecule has 0 N–H and O–H groups in total. The van der Waals surface area contributed by atoms with Crippen LogP contribution in [0.15, 0.2) is 47.6 Å². The van der Waals surface area contributed by atoms with Crippen LogP contribution in [0.4, 0.5) is 0 Å². The molecule has 3 nitrogen and oxygen atoms in total. The third-order valence-electron chi connectivity index (χ3n) is 2.47. The molecule has 0 saturated carbocycles. The topological polar surface area (TPSA) is 27.1 Å². The normalized spacial score (nSPS) is 10.8. The fraction of sp³-hybridized carbons (Fsp3) is 0.357. The number of aromatic nitrogens is 2. The van der Waals surface area contributed by atoms with E-state index < -0.39 is 0 Å². The fourth-order valence-corrected chi connectivity index (χ4v) is 2.27. The predicted octanol–water partition coefficient (Wildman–Crippen LogP) is 3.64. The van der Waals surface area contributed by atoms with E-state index in [-0.39, 0.29) is 0 Å². The van der Waals surface area contributed by atoms with Crippen LogP contribution in [-0.4, -0.2) is 22.1 Å². The molecule has 0 radical (unpaired) electrons. The summed E-state index contributed by atoms with van der Waals surface area (Å²) in [6, 6.07) is 10.7. The van der Waals surface area contributed by atoms with Gasteiger partial charge in [0.1, 0.15) is 0 Å². The van der Waals surface area contributed by atoms with Gasteiger partial charge in [-0.1, -0.05) is 18.2 Å². The van der Waals surface area contributed by atoms with Crippen LogP contribution in [0, 0.1) is 0 Å². The first-order chi connectivity index (χ1) is 8.75. The highest BCUT2D eigenvalue weighted by molar-refractivity contribution is 7.99. The molecule has 0 bridgehead atoms. The summed E-state index contributed by atoms with van der Waals surface area (Å²) < 4.78 is 7.56. The second-order valence-corrected chi connectivity index (χ2v) is 5.43. The number of nitrogens with zero attached hydrogens (tertiary/aromatic N) is 2. The van der Waals surface area contributed by atoms with Gasteiger partial charge in [-0.25, -0.2) is 0 Å². The summed E-state index contributed by atoms with van der Waals surface area (Å²) in [5, 5.41) is 4.24. The molecule has 2 rings (SSSR count). The molecule has 0 aliphatic heterocycles. The van der Waals surface area contributed by atoms with Crippen molar-refractivity contribution in [2.75, 3.05) is 12.4 Å². The molecule has 0 saturated heterocycles. The summed E-state index contributed by atoms with van der Waals surface area (Å²) in [4.78, 5) is 1.28. The van der Waals surface area contributed by atoms with E-state index >= 15 is 0 Å². The van der Waals surface area contributed by atoms with Gasteiger partial charge in [-0.3, -0.25) is 4.68 Å². The van der Waals surface area contributed by atoms with Crippen molar-refractivity contribution in [2.24, 2.45) is 0 Å². The smallest absolute Gasteiger partial charge is 0.157 e. The second kappa shape index (κ2) is 6.50. The highest BCUT2D eigenvalue weighted by Crippen LogP contribution is 2.17. The van der Waals surface area contributed by atoms with Crippen molar-refractivity contribution in [3.63, 3.8) is 0 Å². The molecule has 18 heavy (non-hydrogen) atoms. The molecule has 0 amide bonds. The van der Waals surface area contributed by atoms with Crippen LogP contribution in [0.25, 0.3) is 0 Å². The zero-order valence-corrected chi connectivity index (χ0v) is 11.6. The number of hydrogen-bond donors (Lipinski definition) is 0. The number of hydrogen-bond acceptors (Lipinski definition) is 3. The largest absolute Gasteiger partial charge is 0.489 e. The molecule has 0 aliphatic rings. The SMILES string of the molecule is CC(C)n1cc(OCCSc2ccccc2)cn1. The lowest BCUT2D eigenvalue weighted by Gasteiger charge is -2.04. The lowest BCUT2D eigenvalue weighted by Crippen LogP contribution is -2.01. The quantitative estimate of drug-likeness (QED) is 0.587. The number of ether oxygens (including phenoxy) is 1. The van der Waals surface area contributed by atoms with Crippen molar-refractivity contribution in [3.8, 4) is 5.75 Å². The maximum absolute atomic E-state index is 5.65. The van der Waals surface area contributed by atoms with Gasteiger partial charge in [0.25, 0.3) is 0 Å². The summed E-state index contributed by atoms with van der Waals surface area (Å²) in [7, 11) is 0. The zero-order chi connectivity index (χ0) is 12.8. The minimum atomic E-state index is 0.376. The molecule has 96 valence electrons. The van der Waals surface area contributed by atoms with Gasteiger partial charge in [0.05, 0.1) is 19.0 Å². The van der Waals surface area contributed by atoms with Gasteiger partial charge in [-0.2, -0.15) is 5.10 Å². The lowest BCUT2D eigenvalue weighted by molar-refractivity contribution is 0.343. The Morgan fingerprint density at radius 3 is 2.72 bits per heavy atom. The summed E-state index contributed by atoms with van der Waals surface area (Å²) >= 11 is 1.80. The highest BCUT2D eigenvalue weighted by atomic mass is 32.2. The summed E-state index contributed by atoms with van der Waals surface area (Å²) in [6.07, 6.45) is 3.71. The third-order valence-corrected chi connectivity index (χ3v) is 3.45. The Morgan fingerprint density at radius 1 is 1.28 bits per heavy atom. The molecular weight excluding hydrogens is 244 g/mol. The summed E-state index contributed by atoms with van der Waals surface area (Å²) in [6.45, 7) is 4.90. The minimum absolute atomic E-state index is 0.376. The number of thioether (sulfide) groups is 1. The summed E-state index contributed by atoms with van der Waals surface area (Å²) in [5.41, 5.74) is 0. The Bertz CT molecular complexity index is 468. The molecule has 1 aromatic carbocycles. The third kappa shape index (κ3) is 3.81. The second-order valence-electron chi connectivity index (χ2n) is 4.26. The Morgan fingerprint density at radius 2 is 2.06 bits per heavy atom. The van der Waals surface area contributed by atoms with Crippen LogP contribution >= 0.6 is 11.8 Å². The van der Waals surface area contributed by atoms with Crippen molar-refractivity contribution >= 4 is 11.8 Å². The number of benzene rings is 1. The molecule has 1 heterocycles. The van der Waals surface area contributed by atoms with Crippen LogP contribution < -0.4 is 4.74 Å². The van der Waals surface area contributed by atoms with E-state index in [1.165, 1.54) is 4.90 Å². The van der Waals surface area contributed by atoms with E-state index in [1.54, 1.807) is 18.0 Å². The molecule has 0 atom stereocenters. The standard InChI is InChI=1S/C14H18N2OS/c1-12(2)16-11-13(10-15-16)17-8-9-18-14-6-4-3-5-7-14/h3-7,10-12H,8-9H2,1-2H3. The molecule has 0 fully saturated rings. The van der Waals surface area contributed by atoms with E-state index in [1.807, 2.05) is 16.9 Å². The van der Waals surface area contributed by atoms with E-state index in [0.717, 1.165) is 11.5 Å². The average molecular weight is 262 g/mol. The minimum Gasteiger partial charge on any atom is -0.489 e. The van der Waals surface area contributed by atoms with E-state index in [2.05, 4.69) is 43.2 Å². The van der Waals surface area contributed by atoms with Crippen LogP contribution in [0.5, 0.6) is 5.75 Å². The molecular formula is C14H18N2OS. The van der Waals surface area contributed by atoms with E-state index in [9.17, 15) is 0 Å².